The lowest BCUT2D eigenvalue weighted by Crippen LogP contribution is -2.18. The van der Waals surface area contributed by atoms with Gasteiger partial charge in [0.1, 0.15) is 0 Å². The number of allylic oxidation sites excluding steroid dienone is 2. The number of halogens is 1. The number of likely N-dealkylation sites (tertiary alicyclic amines) is 1. The van der Waals surface area contributed by atoms with E-state index in [0.717, 1.165) is 29.1 Å². The Kier molecular flexibility index (Phi) is 3.64. The molecule has 0 radical (unpaired) electrons. The molecular formula is C14H14ClNO. The molecule has 2 nitrogen and oxygen atoms in total. The van der Waals surface area contributed by atoms with E-state index in [1.54, 1.807) is 4.90 Å². The molecule has 17 heavy (non-hydrogen) atoms. The first-order chi connectivity index (χ1) is 8.16. The van der Waals surface area contributed by atoms with Crippen LogP contribution in [0.4, 0.5) is 0 Å². The SMILES string of the molecule is CN1CC/C(=C\C=C\c2ccc(Cl)cc2)C1=O. The predicted molar refractivity (Wildman–Crippen MR) is 70.8 cm³/mol. The van der Waals surface area contributed by atoms with E-state index in [9.17, 15) is 4.79 Å². The van der Waals surface area contributed by atoms with Gasteiger partial charge < -0.3 is 4.90 Å². The minimum atomic E-state index is 0.130. The van der Waals surface area contributed by atoms with Gasteiger partial charge in [0.05, 0.1) is 0 Å². The van der Waals surface area contributed by atoms with Crippen LogP contribution in [0, 0.1) is 0 Å². The highest BCUT2D eigenvalue weighted by Crippen LogP contribution is 2.15. The van der Waals surface area contributed by atoms with Crippen LogP contribution in [0.2, 0.25) is 5.02 Å². The van der Waals surface area contributed by atoms with E-state index in [-0.39, 0.29) is 5.91 Å². The van der Waals surface area contributed by atoms with Crippen LogP contribution in [-0.4, -0.2) is 24.4 Å². The maximum absolute atomic E-state index is 11.6. The van der Waals surface area contributed by atoms with Crippen molar-refractivity contribution in [3.8, 4) is 0 Å². The first-order valence-corrected chi connectivity index (χ1v) is 5.93. The smallest absolute Gasteiger partial charge is 0.249 e. The summed E-state index contributed by atoms with van der Waals surface area (Å²) in [7, 11) is 1.83. The van der Waals surface area contributed by atoms with Gasteiger partial charge in [0.15, 0.2) is 0 Å². The van der Waals surface area contributed by atoms with Gasteiger partial charge in [-0.2, -0.15) is 0 Å². The second kappa shape index (κ2) is 5.19. The lowest BCUT2D eigenvalue weighted by Gasteiger charge is -2.03. The molecule has 0 N–H and O–H groups in total. The number of nitrogens with zero attached hydrogens (tertiary/aromatic N) is 1. The minimum absolute atomic E-state index is 0.130. The first kappa shape index (κ1) is 11.9. The number of benzene rings is 1. The summed E-state index contributed by atoms with van der Waals surface area (Å²) in [5.41, 5.74) is 1.95. The molecule has 1 fully saturated rings. The van der Waals surface area contributed by atoms with E-state index in [2.05, 4.69) is 0 Å². The summed E-state index contributed by atoms with van der Waals surface area (Å²) in [6.07, 6.45) is 6.60. The maximum atomic E-state index is 11.6. The molecule has 0 unspecified atom stereocenters. The van der Waals surface area contributed by atoms with Gasteiger partial charge in [-0.05, 0) is 24.1 Å². The molecule has 0 atom stereocenters. The Labute approximate surface area is 106 Å². The van der Waals surface area contributed by atoms with Gasteiger partial charge in [0.25, 0.3) is 0 Å². The van der Waals surface area contributed by atoms with Crippen LogP contribution in [0.15, 0.2) is 42.0 Å². The van der Waals surface area contributed by atoms with E-state index in [4.69, 9.17) is 11.6 Å². The largest absolute Gasteiger partial charge is 0.342 e. The topological polar surface area (TPSA) is 20.3 Å². The fourth-order valence-corrected chi connectivity index (χ4v) is 1.87. The molecule has 0 saturated carbocycles. The lowest BCUT2D eigenvalue weighted by molar-refractivity contribution is -0.123. The summed E-state index contributed by atoms with van der Waals surface area (Å²) in [6, 6.07) is 7.59. The van der Waals surface area contributed by atoms with E-state index >= 15 is 0 Å². The molecule has 88 valence electrons. The van der Waals surface area contributed by atoms with Crippen molar-refractivity contribution in [2.75, 3.05) is 13.6 Å². The zero-order valence-electron chi connectivity index (χ0n) is 9.69. The average molecular weight is 248 g/mol. The predicted octanol–water partition coefficient (Wildman–Crippen LogP) is 3.14. The Bertz CT molecular complexity index is 474. The van der Waals surface area contributed by atoms with Gasteiger partial charge in [-0.3, -0.25) is 4.79 Å². The molecule has 0 spiro atoms. The van der Waals surface area contributed by atoms with Crippen LogP contribution in [0.3, 0.4) is 0 Å². The van der Waals surface area contributed by atoms with Crippen LogP contribution in [-0.2, 0) is 4.79 Å². The Hall–Kier alpha value is -1.54. The van der Waals surface area contributed by atoms with Crippen molar-refractivity contribution < 1.29 is 4.79 Å². The van der Waals surface area contributed by atoms with Crippen molar-refractivity contribution in [1.82, 2.24) is 4.90 Å². The number of rotatable bonds is 2. The zero-order valence-corrected chi connectivity index (χ0v) is 10.4. The van der Waals surface area contributed by atoms with Crippen LogP contribution in [0.5, 0.6) is 0 Å². The molecule has 0 aromatic heterocycles. The molecule has 1 heterocycles. The van der Waals surface area contributed by atoms with E-state index in [0.29, 0.717) is 0 Å². The number of likely N-dealkylation sites (N-methyl/N-ethyl adjacent to an activating group) is 1. The summed E-state index contributed by atoms with van der Waals surface area (Å²) < 4.78 is 0. The average Bonchev–Trinajstić information content (AvgIpc) is 2.64. The van der Waals surface area contributed by atoms with Gasteiger partial charge in [-0.1, -0.05) is 42.0 Å². The quantitative estimate of drug-likeness (QED) is 0.736. The van der Waals surface area contributed by atoms with Crippen molar-refractivity contribution in [3.05, 3.63) is 52.6 Å². The first-order valence-electron chi connectivity index (χ1n) is 5.55. The second-order valence-electron chi connectivity index (χ2n) is 4.08. The van der Waals surface area contributed by atoms with Gasteiger partial charge >= 0.3 is 0 Å². The van der Waals surface area contributed by atoms with Crippen LogP contribution in [0.1, 0.15) is 12.0 Å². The summed E-state index contributed by atoms with van der Waals surface area (Å²) in [6.45, 7) is 0.819. The standard InChI is InChI=1S/C14H14ClNO/c1-16-10-9-12(14(16)17)4-2-3-11-5-7-13(15)8-6-11/h2-8H,9-10H2,1H3/b3-2+,12-4+. The van der Waals surface area contributed by atoms with E-state index in [1.165, 1.54) is 0 Å². The summed E-state index contributed by atoms with van der Waals surface area (Å²) in [4.78, 5) is 13.3. The van der Waals surface area contributed by atoms with E-state index in [1.807, 2.05) is 49.5 Å². The third-order valence-electron chi connectivity index (χ3n) is 2.79. The monoisotopic (exact) mass is 247 g/mol. The number of amides is 1. The highest BCUT2D eigenvalue weighted by molar-refractivity contribution is 6.30. The third kappa shape index (κ3) is 2.98. The van der Waals surface area contributed by atoms with Crippen molar-refractivity contribution in [1.29, 1.82) is 0 Å². The Morgan fingerprint density at radius 1 is 1.29 bits per heavy atom. The number of carbonyl (C=O) groups excluding carboxylic acids is 1. The highest BCUT2D eigenvalue weighted by Gasteiger charge is 2.20. The Balaban J connectivity index is 2.05. The van der Waals surface area contributed by atoms with Crippen molar-refractivity contribution in [3.63, 3.8) is 0 Å². The second-order valence-corrected chi connectivity index (χ2v) is 4.52. The van der Waals surface area contributed by atoms with Crippen LogP contribution >= 0.6 is 11.6 Å². The van der Waals surface area contributed by atoms with Crippen molar-refractivity contribution in [2.24, 2.45) is 0 Å². The molecule has 1 aliphatic heterocycles. The molecule has 1 amide bonds. The van der Waals surface area contributed by atoms with Gasteiger partial charge in [0.2, 0.25) is 5.91 Å². The minimum Gasteiger partial charge on any atom is -0.342 e. The highest BCUT2D eigenvalue weighted by atomic mass is 35.5. The fourth-order valence-electron chi connectivity index (χ4n) is 1.75. The van der Waals surface area contributed by atoms with Crippen molar-refractivity contribution in [2.45, 2.75) is 6.42 Å². The zero-order chi connectivity index (χ0) is 12.3. The number of hydrogen-bond donors (Lipinski definition) is 0. The molecule has 1 aromatic rings. The number of carbonyl (C=O) groups is 1. The van der Waals surface area contributed by atoms with Crippen LogP contribution in [0.25, 0.3) is 6.08 Å². The number of hydrogen-bond acceptors (Lipinski definition) is 1. The Morgan fingerprint density at radius 2 is 2.00 bits per heavy atom. The van der Waals surface area contributed by atoms with Gasteiger partial charge in [-0.15, -0.1) is 0 Å². The molecule has 1 aliphatic rings. The fraction of sp³-hybridized carbons (Fsp3) is 0.214. The summed E-state index contributed by atoms with van der Waals surface area (Å²) in [5.74, 6) is 0.130. The Morgan fingerprint density at radius 3 is 2.59 bits per heavy atom. The van der Waals surface area contributed by atoms with Gasteiger partial charge in [0, 0.05) is 24.2 Å². The molecule has 0 aliphatic carbocycles. The van der Waals surface area contributed by atoms with Gasteiger partial charge in [-0.25, -0.2) is 0 Å². The lowest BCUT2D eigenvalue weighted by atomic mass is 10.1. The molecule has 1 saturated heterocycles. The normalized spacial score (nSPS) is 18.6. The third-order valence-corrected chi connectivity index (χ3v) is 3.05. The molecule has 1 aromatic carbocycles. The summed E-state index contributed by atoms with van der Waals surface area (Å²) >= 11 is 5.80. The van der Waals surface area contributed by atoms with Crippen LogP contribution < -0.4 is 0 Å². The molecule has 3 heteroatoms. The molecule has 2 rings (SSSR count). The molecular weight excluding hydrogens is 234 g/mol. The molecule has 0 bridgehead atoms. The van der Waals surface area contributed by atoms with E-state index < -0.39 is 0 Å². The van der Waals surface area contributed by atoms with Crippen molar-refractivity contribution >= 4 is 23.6 Å². The summed E-state index contributed by atoms with van der Waals surface area (Å²) in [5, 5.41) is 0.730. The maximum Gasteiger partial charge on any atom is 0.249 e.